The van der Waals surface area contributed by atoms with Crippen molar-refractivity contribution < 1.29 is 4.79 Å². The van der Waals surface area contributed by atoms with Crippen LogP contribution in [0.2, 0.25) is 0 Å². The summed E-state index contributed by atoms with van der Waals surface area (Å²) in [5.74, 6) is 0.570. The lowest BCUT2D eigenvalue weighted by Gasteiger charge is -2.38. The van der Waals surface area contributed by atoms with Gasteiger partial charge in [-0.1, -0.05) is 6.42 Å². The van der Waals surface area contributed by atoms with Gasteiger partial charge in [-0.05, 0) is 70.9 Å². The molecule has 2 fully saturated rings. The number of hydrogen-bond acceptors (Lipinski definition) is 3. The van der Waals surface area contributed by atoms with Crippen LogP contribution in [0.25, 0.3) is 0 Å². The molecule has 4 nitrogen and oxygen atoms in total. The number of likely N-dealkylation sites (tertiary alicyclic amines) is 1. The SMILES string of the molecule is CC(N)(CCCCN1CCCC2CCCC21)C(N)=O. The van der Waals surface area contributed by atoms with Crippen LogP contribution in [0, 0.1) is 5.92 Å². The van der Waals surface area contributed by atoms with E-state index in [9.17, 15) is 4.79 Å². The molecular formula is C15H29N3O. The highest BCUT2D eigenvalue weighted by molar-refractivity contribution is 5.83. The average molecular weight is 267 g/mol. The molecule has 0 bridgehead atoms. The fourth-order valence-corrected chi connectivity index (χ4v) is 3.77. The Bertz CT molecular complexity index is 317. The monoisotopic (exact) mass is 267 g/mol. The van der Waals surface area contributed by atoms with Crippen molar-refractivity contribution in [3.63, 3.8) is 0 Å². The third kappa shape index (κ3) is 3.69. The zero-order valence-electron chi connectivity index (χ0n) is 12.2. The molecule has 19 heavy (non-hydrogen) atoms. The van der Waals surface area contributed by atoms with E-state index in [-0.39, 0.29) is 5.91 Å². The number of amides is 1. The van der Waals surface area contributed by atoms with Gasteiger partial charge in [0.1, 0.15) is 0 Å². The number of carbonyl (C=O) groups excluding carboxylic acids is 1. The summed E-state index contributed by atoms with van der Waals surface area (Å²) in [5.41, 5.74) is 10.3. The zero-order valence-corrected chi connectivity index (χ0v) is 12.2. The quantitative estimate of drug-likeness (QED) is 0.718. The standard InChI is InChI=1S/C15H29N3O/c1-15(17,14(16)19)9-2-3-10-18-11-5-7-12-6-4-8-13(12)18/h12-13H,2-11,17H2,1H3,(H2,16,19). The summed E-state index contributed by atoms with van der Waals surface area (Å²) in [6.07, 6.45) is 9.84. The zero-order chi connectivity index (χ0) is 13.9. The molecule has 1 saturated carbocycles. The van der Waals surface area contributed by atoms with E-state index in [1.54, 1.807) is 6.92 Å². The van der Waals surface area contributed by atoms with Crippen molar-refractivity contribution in [3.8, 4) is 0 Å². The molecule has 3 atom stereocenters. The van der Waals surface area contributed by atoms with Gasteiger partial charge in [0.05, 0.1) is 5.54 Å². The van der Waals surface area contributed by atoms with Crippen molar-refractivity contribution in [1.82, 2.24) is 4.90 Å². The van der Waals surface area contributed by atoms with Crippen LogP contribution in [-0.4, -0.2) is 35.5 Å². The normalized spacial score (nSPS) is 30.8. The van der Waals surface area contributed by atoms with Crippen molar-refractivity contribution in [2.45, 2.75) is 69.9 Å². The second-order valence-corrected chi connectivity index (χ2v) is 6.68. The maximum atomic E-state index is 11.2. The van der Waals surface area contributed by atoms with Gasteiger partial charge in [-0.2, -0.15) is 0 Å². The van der Waals surface area contributed by atoms with E-state index in [0.29, 0.717) is 6.42 Å². The summed E-state index contributed by atoms with van der Waals surface area (Å²) >= 11 is 0. The minimum atomic E-state index is -0.836. The smallest absolute Gasteiger partial charge is 0.237 e. The van der Waals surface area contributed by atoms with Gasteiger partial charge in [-0.25, -0.2) is 0 Å². The maximum Gasteiger partial charge on any atom is 0.237 e. The molecular weight excluding hydrogens is 238 g/mol. The van der Waals surface area contributed by atoms with Crippen LogP contribution in [0.4, 0.5) is 0 Å². The van der Waals surface area contributed by atoms with Crippen molar-refractivity contribution in [1.29, 1.82) is 0 Å². The molecule has 0 aromatic rings. The molecule has 2 aliphatic rings. The highest BCUT2D eigenvalue weighted by Gasteiger charge is 2.34. The average Bonchev–Trinajstić information content (AvgIpc) is 2.83. The number of piperidine rings is 1. The second-order valence-electron chi connectivity index (χ2n) is 6.68. The fraction of sp³-hybridized carbons (Fsp3) is 0.933. The molecule has 1 aliphatic heterocycles. The molecule has 0 spiro atoms. The molecule has 4 heteroatoms. The van der Waals surface area contributed by atoms with Gasteiger partial charge in [0, 0.05) is 6.04 Å². The lowest BCUT2D eigenvalue weighted by atomic mass is 9.91. The van der Waals surface area contributed by atoms with E-state index in [0.717, 1.165) is 31.3 Å². The highest BCUT2D eigenvalue weighted by Crippen LogP contribution is 2.36. The first-order valence-corrected chi connectivity index (χ1v) is 7.83. The molecule has 0 aromatic heterocycles. The minimum Gasteiger partial charge on any atom is -0.368 e. The van der Waals surface area contributed by atoms with Crippen molar-refractivity contribution in [2.24, 2.45) is 17.4 Å². The molecule has 1 heterocycles. The van der Waals surface area contributed by atoms with E-state index in [1.807, 2.05) is 0 Å². The molecule has 4 N–H and O–H groups in total. The number of unbranched alkanes of at least 4 members (excludes halogenated alkanes) is 1. The van der Waals surface area contributed by atoms with E-state index >= 15 is 0 Å². The Morgan fingerprint density at radius 2 is 2.00 bits per heavy atom. The number of hydrogen-bond donors (Lipinski definition) is 2. The van der Waals surface area contributed by atoms with E-state index < -0.39 is 5.54 Å². The van der Waals surface area contributed by atoms with Crippen molar-refractivity contribution >= 4 is 5.91 Å². The van der Waals surface area contributed by atoms with Crippen molar-refractivity contribution in [3.05, 3.63) is 0 Å². The van der Waals surface area contributed by atoms with Gasteiger partial charge in [0.25, 0.3) is 0 Å². The molecule has 0 aromatic carbocycles. The Kier molecular flexibility index (Phi) is 4.85. The second kappa shape index (κ2) is 6.23. The van der Waals surface area contributed by atoms with Crippen LogP contribution < -0.4 is 11.5 Å². The van der Waals surface area contributed by atoms with Gasteiger partial charge >= 0.3 is 0 Å². The summed E-state index contributed by atoms with van der Waals surface area (Å²) < 4.78 is 0. The van der Waals surface area contributed by atoms with Gasteiger partial charge in [-0.15, -0.1) is 0 Å². The molecule has 1 aliphatic carbocycles. The van der Waals surface area contributed by atoms with E-state index in [2.05, 4.69) is 4.90 Å². The molecule has 1 amide bonds. The largest absolute Gasteiger partial charge is 0.368 e. The van der Waals surface area contributed by atoms with Gasteiger partial charge in [0.15, 0.2) is 0 Å². The maximum absolute atomic E-state index is 11.2. The first-order chi connectivity index (χ1) is 9.00. The van der Waals surface area contributed by atoms with Crippen LogP contribution in [0.5, 0.6) is 0 Å². The third-order valence-electron chi connectivity index (χ3n) is 5.06. The summed E-state index contributed by atoms with van der Waals surface area (Å²) in [6, 6.07) is 0.842. The fourth-order valence-electron chi connectivity index (χ4n) is 3.77. The van der Waals surface area contributed by atoms with Gasteiger partial charge < -0.3 is 16.4 Å². The number of nitrogens with zero attached hydrogens (tertiary/aromatic N) is 1. The molecule has 110 valence electrons. The number of rotatable bonds is 6. The summed E-state index contributed by atoms with van der Waals surface area (Å²) in [5, 5.41) is 0. The van der Waals surface area contributed by atoms with E-state index in [1.165, 1.54) is 38.6 Å². The van der Waals surface area contributed by atoms with Crippen LogP contribution >= 0.6 is 0 Å². The highest BCUT2D eigenvalue weighted by atomic mass is 16.1. The summed E-state index contributed by atoms with van der Waals surface area (Å²) in [4.78, 5) is 13.8. The predicted molar refractivity (Wildman–Crippen MR) is 77.6 cm³/mol. The molecule has 0 radical (unpaired) electrons. The topological polar surface area (TPSA) is 72.3 Å². The Hall–Kier alpha value is -0.610. The number of fused-ring (bicyclic) bond motifs is 1. The van der Waals surface area contributed by atoms with E-state index in [4.69, 9.17) is 11.5 Å². The summed E-state index contributed by atoms with van der Waals surface area (Å²) in [7, 11) is 0. The lowest BCUT2D eigenvalue weighted by molar-refractivity contribution is -0.122. The lowest BCUT2D eigenvalue weighted by Crippen LogP contribution is -2.49. The molecule has 1 saturated heterocycles. The van der Waals surface area contributed by atoms with Crippen LogP contribution in [0.1, 0.15) is 58.3 Å². The first-order valence-electron chi connectivity index (χ1n) is 7.83. The first kappa shape index (κ1) is 14.8. The number of nitrogens with two attached hydrogens (primary N) is 2. The van der Waals surface area contributed by atoms with Crippen LogP contribution in [-0.2, 0) is 4.79 Å². The van der Waals surface area contributed by atoms with Crippen LogP contribution in [0.3, 0.4) is 0 Å². The Morgan fingerprint density at radius 3 is 2.74 bits per heavy atom. The minimum absolute atomic E-state index is 0.388. The Labute approximate surface area is 116 Å². The van der Waals surface area contributed by atoms with Crippen molar-refractivity contribution in [2.75, 3.05) is 13.1 Å². The Balaban J connectivity index is 1.69. The summed E-state index contributed by atoms with van der Waals surface area (Å²) in [6.45, 7) is 4.16. The van der Waals surface area contributed by atoms with Gasteiger partial charge in [-0.3, -0.25) is 4.79 Å². The van der Waals surface area contributed by atoms with Crippen LogP contribution in [0.15, 0.2) is 0 Å². The predicted octanol–water partition coefficient (Wildman–Crippen LogP) is 1.62. The number of carbonyl (C=O) groups is 1. The van der Waals surface area contributed by atoms with Gasteiger partial charge in [0.2, 0.25) is 5.91 Å². The number of primary amides is 1. The molecule has 2 rings (SSSR count). The Morgan fingerprint density at radius 1 is 1.26 bits per heavy atom. The molecule has 3 unspecified atom stereocenters. The third-order valence-corrected chi connectivity index (χ3v) is 5.06.